The minimum absolute atomic E-state index is 0.116. The molecule has 1 saturated heterocycles. The van der Waals surface area contributed by atoms with Crippen LogP contribution in [0.3, 0.4) is 0 Å². The number of hydrogen-bond acceptors (Lipinski definition) is 3. The van der Waals surface area contributed by atoms with Crippen molar-refractivity contribution in [3.63, 3.8) is 0 Å². The fourth-order valence-corrected chi connectivity index (χ4v) is 2.11. The lowest BCUT2D eigenvalue weighted by molar-refractivity contribution is -0.130. The Morgan fingerprint density at radius 1 is 1.39 bits per heavy atom. The van der Waals surface area contributed by atoms with Gasteiger partial charge in [-0.05, 0) is 25.0 Å². The van der Waals surface area contributed by atoms with Crippen LogP contribution in [0, 0.1) is 0 Å². The first-order chi connectivity index (χ1) is 8.72. The second-order valence-electron chi connectivity index (χ2n) is 4.25. The van der Waals surface area contributed by atoms with Gasteiger partial charge >= 0.3 is 0 Å². The van der Waals surface area contributed by atoms with E-state index in [0.29, 0.717) is 13.0 Å². The molecule has 1 heterocycles. The van der Waals surface area contributed by atoms with E-state index in [4.69, 9.17) is 5.11 Å². The highest BCUT2D eigenvalue weighted by molar-refractivity contribution is 5.99. The number of piperidine rings is 1. The molecule has 0 radical (unpaired) electrons. The Balaban J connectivity index is 2.10. The molecule has 1 aromatic rings. The second kappa shape index (κ2) is 5.64. The van der Waals surface area contributed by atoms with Crippen molar-refractivity contribution in [1.29, 1.82) is 0 Å². The van der Waals surface area contributed by atoms with E-state index < -0.39 is 18.6 Å². The Bertz CT molecular complexity index is 433. The number of benzene rings is 1. The normalized spacial score (nSPS) is 19.7. The monoisotopic (exact) mass is 248 g/mol. The predicted molar refractivity (Wildman–Crippen MR) is 67.0 cm³/mol. The molecule has 0 bridgehead atoms. The first-order valence-corrected chi connectivity index (χ1v) is 5.99. The van der Waals surface area contributed by atoms with Gasteiger partial charge in [-0.15, -0.1) is 0 Å². The molecule has 5 nitrogen and oxygen atoms in total. The van der Waals surface area contributed by atoms with Crippen molar-refractivity contribution in [2.75, 3.05) is 18.1 Å². The van der Waals surface area contributed by atoms with Crippen LogP contribution >= 0.6 is 0 Å². The van der Waals surface area contributed by atoms with E-state index in [1.807, 2.05) is 30.3 Å². The summed E-state index contributed by atoms with van der Waals surface area (Å²) in [5, 5.41) is 11.2. The molecule has 2 rings (SSSR count). The van der Waals surface area contributed by atoms with Gasteiger partial charge in [0.1, 0.15) is 12.6 Å². The van der Waals surface area contributed by atoms with Gasteiger partial charge in [0.05, 0.1) is 0 Å². The van der Waals surface area contributed by atoms with Gasteiger partial charge in [-0.2, -0.15) is 0 Å². The number of aliphatic hydroxyl groups is 1. The van der Waals surface area contributed by atoms with Crippen molar-refractivity contribution in [2.24, 2.45) is 0 Å². The summed E-state index contributed by atoms with van der Waals surface area (Å²) in [7, 11) is 0. The van der Waals surface area contributed by atoms with Gasteiger partial charge in [0.2, 0.25) is 11.8 Å². The smallest absolute Gasteiger partial charge is 0.249 e. The van der Waals surface area contributed by atoms with E-state index >= 15 is 0 Å². The highest BCUT2D eigenvalue weighted by Gasteiger charge is 2.30. The lowest BCUT2D eigenvalue weighted by Crippen LogP contribution is -2.53. The molecule has 1 aliphatic rings. The Hall–Kier alpha value is -1.88. The largest absolute Gasteiger partial charge is 0.387 e. The first kappa shape index (κ1) is 12.6. The molecule has 1 atom stereocenters. The average molecular weight is 248 g/mol. The molecular weight excluding hydrogens is 232 g/mol. The zero-order chi connectivity index (χ0) is 13.0. The number of nitrogens with one attached hydrogen (secondary N) is 1. The second-order valence-corrected chi connectivity index (χ2v) is 4.25. The molecule has 1 aromatic carbocycles. The number of amides is 2. The van der Waals surface area contributed by atoms with Crippen LogP contribution in [0.25, 0.3) is 0 Å². The van der Waals surface area contributed by atoms with Gasteiger partial charge in [0.15, 0.2) is 0 Å². The summed E-state index contributed by atoms with van der Waals surface area (Å²) >= 11 is 0. The Morgan fingerprint density at radius 3 is 2.78 bits per heavy atom. The number of carbonyl (C=O) groups excluding carboxylic acids is 2. The van der Waals surface area contributed by atoms with E-state index in [0.717, 1.165) is 12.1 Å². The average Bonchev–Trinajstić information content (AvgIpc) is 2.42. The molecule has 1 fully saturated rings. The number of nitrogens with zero attached hydrogens (tertiary/aromatic N) is 1. The molecular formula is C13H16N2O3. The van der Waals surface area contributed by atoms with E-state index in [9.17, 15) is 9.59 Å². The summed E-state index contributed by atoms with van der Waals surface area (Å²) in [5.41, 5.74) is 0.838. The topological polar surface area (TPSA) is 69.6 Å². The minimum Gasteiger partial charge on any atom is -0.387 e. The maximum Gasteiger partial charge on any atom is 0.249 e. The SMILES string of the molecule is O=C(CO)NC1CCCN(c2ccccc2)C1=O. The Labute approximate surface area is 105 Å². The summed E-state index contributed by atoms with van der Waals surface area (Å²) in [6.45, 7) is 0.0729. The number of hydrogen-bond donors (Lipinski definition) is 2. The zero-order valence-corrected chi connectivity index (χ0v) is 10.0. The summed E-state index contributed by atoms with van der Waals surface area (Å²) in [4.78, 5) is 25.0. The van der Waals surface area contributed by atoms with Crippen LogP contribution in [-0.4, -0.2) is 36.1 Å². The van der Waals surface area contributed by atoms with Crippen molar-refractivity contribution >= 4 is 17.5 Å². The quantitative estimate of drug-likeness (QED) is 0.807. The van der Waals surface area contributed by atoms with E-state index in [2.05, 4.69) is 5.32 Å². The number of aliphatic hydroxyl groups excluding tert-OH is 1. The van der Waals surface area contributed by atoms with Crippen LogP contribution < -0.4 is 10.2 Å². The van der Waals surface area contributed by atoms with E-state index in [-0.39, 0.29) is 5.91 Å². The molecule has 96 valence electrons. The van der Waals surface area contributed by atoms with Gasteiger partial charge in [-0.25, -0.2) is 0 Å². The molecule has 0 spiro atoms. The van der Waals surface area contributed by atoms with Gasteiger partial charge in [-0.3, -0.25) is 9.59 Å². The predicted octanol–water partition coefficient (Wildman–Crippen LogP) is 0.290. The first-order valence-electron chi connectivity index (χ1n) is 5.99. The summed E-state index contributed by atoms with van der Waals surface area (Å²) in [6.07, 6.45) is 1.45. The third-order valence-corrected chi connectivity index (χ3v) is 2.99. The summed E-state index contributed by atoms with van der Waals surface area (Å²) < 4.78 is 0. The van der Waals surface area contributed by atoms with Crippen LogP contribution in [0.1, 0.15) is 12.8 Å². The van der Waals surface area contributed by atoms with E-state index in [1.54, 1.807) is 4.90 Å². The van der Waals surface area contributed by atoms with Gasteiger partial charge < -0.3 is 15.3 Å². The molecule has 2 N–H and O–H groups in total. The lowest BCUT2D eigenvalue weighted by atomic mass is 10.0. The molecule has 1 unspecified atom stereocenters. The fraction of sp³-hybridized carbons (Fsp3) is 0.385. The molecule has 1 aliphatic heterocycles. The summed E-state index contributed by atoms with van der Waals surface area (Å²) in [5.74, 6) is -0.627. The molecule has 2 amide bonds. The number of carbonyl (C=O) groups is 2. The number of para-hydroxylation sites is 1. The zero-order valence-electron chi connectivity index (χ0n) is 10.0. The van der Waals surface area contributed by atoms with Crippen molar-refractivity contribution in [2.45, 2.75) is 18.9 Å². The third kappa shape index (κ3) is 2.68. The molecule has 5 heteroatoms. The van der Waals surface area contributed by atoms with Gasteiger partial charge in [-0.1, -0.05) is 18.2 Å². The molecule has 18 heavy (non-hydrogen) atoms. The number of rotatable bonds is 3. The summed E-state index contributed by atoms with van der Waals surface area (Å²) in [6, 6.07) is 8.85. The molecule has 0 saturated carbocycles. The Morgan fingerprint density at radius 2 is 2.11 bits per heavy atom. The van der Waals surface area contributed by atoms with Crippen molar-refractivity contribution < 1.29 is 14.7 Å². The lowest BCUT2D eigenvalue weighted by Gasteiger charge is -2.32. The fourth-order valence-electron chi connectivity index (χ4n) is 2.11. The highest BCUT2D eigenvalue weighted by atomic mass is 16.3. The van der Waals surface area contributed by atoms with Crippen LogP contribution in [0.5, 0.6) is 0 Å². The minimum atomic E-state index is -0.588. The number of anilines is 1. The van der Waals surface area contributed by atoms with Gasteiger partial charge in [0, 0.05) is 12.2 Å². The maximum absolute atomic E-state index is 12.2. The van der Waals surface area contributed by atoms with Crippen LogP contribution in [0.4, 0.5) is 5.69 Å². The molecule has 0 aliphatic carbocycles. The maximum atomic E-state index is 12.2. The Kier molecular flexibility index (Phi) is 3.94. The van der Waals surface area contributed by atoms with Crippen LogP contribution in [-0.2, 0) is 9.59 Å². The highest BCUT2D eigenvalue weighted by Crippen LogP contribution is 2.20. The van der Waals surface area contributed by atoms with Crippen LogP contribution in [0.2, 0.25) is 0 Å². The van der Waals surface area contributed by atoms with Crippen LogP contribution in [0.15, 0.2) is 30.3 Å². The standard InChI is InChI=1S/C13H16N2O3/c16-9-12(17)14-11-7-4-8-15(13(11)18)10-5-2-1-3-6-10/h1-3,5-6,11,16H,4,7-9H2,(H,14,17). The third-order valence-electron chi connectivity index (χ3n) is 2.99. The molecule has 0 aromatic heterocycles. The van der Waals surface area contributed by atoms with Gasteiger partial charge in [0.25, 0.3) is 0 Å². The van der Waals surface area contributed by atoms with Crippen molar-refractivity contribution in [3.8, 4) is 0 Å². The van der Waals surface area contributed by atoms with Crippen molar-refractivity contribution in [1.82, 2.24) is 5.32 Å². The van der Waals surface area contributed by atoms with Crippen molar-refractivity contribution in [3.05, 3.63) is 30.3 Å². The van der Waals surface area contributed by atoms with E-state index in [1.165, 1.54) is 0 Å².